The predicted octanol–water partition coefficient (Wildman–Crippen LogP) is 3.87. The zero-order valence-electron chi connectivity index (χ0n) is 11.5. The van der Waals surface area contributed by atoms with Gasteiger partial charge < -0.3 is 10.3 Å². The van der Waals surface area contributed by atoms with Gasteiger partial charge in [0.2, 0.25) is 0 Å². The molecule has 0 saturated carbocycles. The second-order valence-corrected chi connectivity index (χ2v) is 5.10. The highest BCUT2D eigenvalue weighted by Gasteiger charge is 2.26. The molecule has 0 amide bonds. The summed E-state index contributed by atoms with van der Waals surface area (Å²) in [4.78, 5) is 0. The Morgan fingerprint density at radius 2 is 2.00 bits per heavy atom. The Kier molecular flexibility index (Phi) is 4.38. The summed E-state index contributed by atoms with van der Waals surface area (Å²) < 4.78 is 38.6. The van der Waals surface area contributed by atoms with Crippen molar-refractivity contribution in [1.82, 2.24) is 4.57 Å². The number of aromatic nitrogens is 1. The highest BCUT2D eigenvalue weighted by molar-refractivity contribution is 5.83. The number of aryl methyl sites for hydroxylation is 1. The number of rotatable bonds is 5. The maximum atomic E-state index is 12.3. The number of hydrogen-bond acceptors (Lipinski definition) is 1. The van der Waals surface area contributed by atoms with Crippen LogP contribution in [0, 0.1) is 0 Å². The Morgan fingerprint density at radius 3 is 2.65 bits per heavy atom. The van der Waals surface area contributed by atoms with E-state index in [1.165, 1.54) is 0 Å². The Hall–Kier alpha value is -1.49. The number of benzene rings is 1. The van der Waals surface area contributed by atoms with Gasteiger partial charge in [0.15, 0.2) is 0 Å². The van der Waals surface area contributed by atoms with Crippen LogP contribution < -0.4 is 5.73 Å². The van der Waals surface area contributed by atoms with Crippen molar-refractivity contribution in [2.75, 3.05) is 0 Å². The molecule has 2 aromatic rings. The van der Waals surface area contributed by atoms with Gasteiger partial charge in [0.1, 0.15) is 0 Å². The SMILES string of the molecule is CCC(N)Cc1cccc2c1ccn2CCC(F)(F)F. The van der Waals surface area contributed by atoms with E-state index in [4.69, 9.17) is 5.73 Å². The van der Waals surface area contributed by atoms with E-state index in [1.807, 2.05) is 31.2 Å². The molecule has 2 N–H and O–H groups in total. The minimum absolute atomic E-state index is 0.0454. The first-order valence-corrected chi connectivity index (χ1v) is 6.80. The fourth-order valence-electron chi connectivity index (χ4n) is 2.33. The van der Waals surface area contributed by atoms with Crippen molar-refractivity contribution in [1.29, 1.82) is 0 Å². The lowest BCUT2D eigenvalue weighted by Gasteiger charge is -2.11. The molecule has 1 atom stereocenters. The largest absolute Gasteiger partial charge is 0.390 e. The summed E-state index contributed by atoms with van der Waals surface area (Å²) in [5.41, 5.74) is 7.91. The van der Waals surface area contributed by atoms with Crippen molar-refractivity contribution in [2.24, 2.45) is 5.73 Å². The lowest BCUT2D eigenvalue weighted by atomic mass is 10.0. The molecule has 1 aromatic carbocycles. The molecule has 1 heterocycles. The second kappa shape index (κ2) is 5.87. The zero-order chi connectivity index (χ0) is 14.8. The van der Waals surface area contributed by atoms with E-state index < -0.39 is 12.6 Å². The van der Waals surface area contributed by atoms with E-state index in [9.17, 15) is 13.2 Å². The molecule has 0 fully saturated rings. The number of fused-ring (bicyclic) bond motifs is 1. The van der Waals surface area contributed by atoms with Crippen LogP contribution in [0.2, 0.25) is 0 Å². The minimum Gasteiger partial charge on any atom is -0.347 e. The normalized spacial score (nSPS) is 13.8. The molecule has 110 valence electrons. The van der Waals surface area contributed by atoms with Crippen molar-refractivity contribution < 1.29 is 13.2 Å². The molecule has 1 unspecified atom stereocenters. The number of alkyl halides is 3. The third kappa shape index (κ3) is 3.54. The molecule has 5 heteroatoms. The smallest absolute Gasteiger partial charge is 0.347 e. The van der Waals surface area contributed by atoms with E-state index in [2.05, 4.69) is 0 Å². The average molecular weight is 284 g/mol. The molecule has 2 nitrogen and oxygen atoms in total. The molecule has 1 aromatic heterocycles. The summed E-state index contributed by atoms with van der Waals surface area (Å²) in [6, 6.07) is 7.69. The first-order valence-electron chi connectivity index (χ1n) is 6.80. The van der Waals surface area contributed by atoms with Crippen LogP contribution in [-0.2, 0) is 13.0 Å². The lowest BCUT2D eigenvalue weighted by molar-refractivity contribution is -0.136. The molecule has 20 heavy (non-hydrogen) atoms. The lowest BCUT2D eigenvalue weighted by Crippen LogP contribution is -2.21. The van der Waals surface area contributed by atoms with Gasteiger partial charge in [0, 0.05) is 29.7 Å². The average Bonchev–Trinajstić information content (AvgIpc) is 2.79. The van der Waals surface area contributed by atoms with Crippen LogP contribution in [0.1, 0.15) is 25.3 Å². The predicted molar refractivity (Wildman–Crippen MR) is 74.6 cm³/mol. The van der Waals surface area contributed by atoms with E-state index in [-0.39, 0.29) is 12.6 Å². The summed E-state index contributed by atoms with van der Waals surface area (Å²) in [6.45, 7) is 1.98. The molecule has 0 radical (unpaired) electrons. The molecule has 0 saturated heterocycles. The Morgan fingerprint density at radius 1 is 1.25 bits per heavy atom. The van der Waals surface area contributed by atoms with E-state index in [0.29, 0.717) is 0 Å². The standard InChI is InChI=1S/C15H19F3N2/c1-2-12(19)10-11-4-3-5-14-13(11)6-8-20(14)9-7-15(16,17)18/h3-6,8,12H,2,7,9-10,19H2,1H3. The molecule has 0 aliphatic rings. The summed E-state index contributed by atoms with van der Waals surface area (Å²) in [6.07, 6.45) is -1.59. The van der Waals surface area contributed by atoms with E-state index in [0.717, 1.165) is 29.3 Å². The van der Waals surface area contributed by atoms with Crippen LogP contribution in [0.4, 0.5) is 13.2 Å². The number of nitrogens with two attached hydrogens (primary N) is 1. The van der Waals surface area contributed by atoms with Crippen LogP contribution >= 0.6 is 0 Å². The molecular formula is C15H19F3N2. The Balaban J connectivity index is 2.25. The highest BCUT2D eigenvalue weighted by Crippen LogP contribution is 2.25. The molecule has 2 rings (SSSR count). The first kappa shape index (κ1) is 14.9. The van der Waals surface area contributed by atoms with Crippen molar-refractivity contribution in [3.63, 3.8) is 0 Å². The van der Waals surface area contributed by atoms with Gasteiger partial charge in [0.25, 0.3) is 0 Å². The van der Waals surface area contributed by atoms with E-state index in [1.54, 1.807) is 10.8 Å². The summed E-state index contributed by atoms with van der Waals surface area (Å²) in [5, 5.41) is 0.999. The maximum Gasteiger partial charge on any atom is 0.390 e. The fraction of sp³-hybridized carbons (Fsp3) is 0.467. The maximum absolute atomic E-state index is 12.3. The van der Waals surface area contributed by atoms with Gasteiger partial charge in [0.05, 0.1) is 6.42 Å². The summed E-state index contributed by atoms with van der Waals surface area (Å²) in [5.74, 6) is 0. The van der Waals surface area contributed by atoms with Crippen LogP contribution in [0.15, 0.2) is 30.5 Å². The summed E-state index contributed by atoms with van der Waals surface area (Å²) >= 11 is 0. The summed E-state index contributed by atoms with van der Waals surface area (Å²) in [7, 11) is 0. The van der Waals surface area contributed by atoms with Crippen LogP contribution in [-0.4, -0.2) is 16.8 Å². The molecule has 0 aliphatic carbocycles. The van der Waals surface area contributed by atoms with Crippen LogP contribution in [0.25, 0.3) is 10.9 Å². The van der Waals surface area contributed by atoms with Gasteiger partial charge in [-0.25, -0.2) is 0 Å². The second-order valence-electron chi connectivity index (χ2n) is 5.10. The topological polar surface area (TPSA) is 30.9 Å². The highest BCUT2D eigenvalue weighted by atomic mass is 19.4. The van der Waals surface area contributed by atoms with Crippen LogP contribution in [0.3, 0.4) is 0 Å². The first-order chi connectivity index (χ1) is 9.40. The minimum atomic E-state index is -4.13. The Labute approximate surface area is 116 Å². The number of hydrogen-bond donors (Lipinski definition) is 1. The van der Waals surface area contributed by atoms with Gasteiger partial charge in [-0.3, -0.25) is 0 Å². The van der Waals surface area contributed by atoms with Gasteiger partial charge in [-0.05, 0) is 30.5 Å². The van der Waals surface area contributed by atoms with Crippen molar-refractivity contribution in [2.45, 2.75) is 44.9 Å². The number of nitrogens with zero attached hydrogens (tertiary/aromatic N) is 1. The molecular weight excluding hydrogens is 265 g/mol. The third-order valence-corrected chi connectivity index (χ3v) is 3.55. The van der Waals surface area contributed by atoms with Crippen LogP contribution in [0.5, 0.6) is 0 Å². The van der Waals surface area contributed by atoms with Gasteiger partial charge >= 0.3 is 6.18 Å². The molecule has 0 spiro atoms. The van der Waals surface area contributed by atoms with Crippen molar-refractivity contribution in [3.8, 4) is 0 Å². The quantitative estimate of drug-likeness (QED) is 0.887. The van der Waals surface area contributed by atoms with Gasteiger partial charge in [-0.15, -0.1) is 0 Å². The Bertz CT molecular complexity index is 572. The van der Waals surface area contributed by atoms with Gasteiger partial charge in [-0.1, -0.05) is 19.1 Å². The van der Waals surface area contributed by atoms with E-state index >= 15 is 0 Å². The van der Waals surface area contributed by atoms with Gasteiger partial charge in [-0.2, -0.15) is 13.2 Å². The van der Waals surface area contributed by atoms with Crippen molar-refractivity contribution >= 4 is 10.9 Å². The fourth-order valence-corrected chi connectivity index (χ4v) is 2.33. The molecule has 0 aliphatic heterocycles. The van der Waals surface area contributed by atoms with Crippen molar-refractivity contribution in [3.05, 3.63) is 36.0 Å². The third-order valence-electron chi connectivity index (χ3n) is 3.55. The number of halogens is 3. The zero-order valence-corrected chi connectivity index (χ0v) is 11.5. The molecule has 0 bridgehead atoms. The monoisotopic (exact) mass is 284 g/mol.